The smallest absolute Gasteiger partial charge is 0.183 e. The SMILES string of the molecule is O=C(c1ccc(Cl)c(Cl)c1)C1(N2CCOCC2)CCCC1. The van der Waals surface area contributed by atoms with Crippen LogP contribution in [0.4, 0.5) is 0 Å². The first-order chi connectivity index (χ1) is 10.1. The fourth-order valence-electron chi connectivity index (χ4n) is 3.54. The molecule has 0 spiro atoms. The first-order valence-corrected chi connectivity index (χ1v) is 8.22. The lowest BCUT2D eigenvalue weighted by Gasteiger charge is -2.42. The molecule has 1 saturated heterocycles. The van der Waals surface area contributed by atoms with Gasteiger partial charge in [0, 0.05) is 18.7 Å². The Balaban J connectivity index is 1.92. The van der Waals surface area contributed by atoms with Crippen LogP contribution < -0.4 is 0 Å². The van der Waals surface area contributed by atoms with Crippen LogP contribution >= 0.6 is 23.2 Å². The molecule has 0 radical (unpaired) electrons. The second-order valence-electron chi connectivity index (χ2n) is 5.80. The van der Waals surface area contributed by atoms with Gasteiger partial charge in [0.25, 0.3) is 0 Å². The number of hydrogen-bond acceptors (Lipinski definition) is 3. The van der Waals surface area contributed by atoms with Gasteiger partial charge in [-0.3, -0.25) is 9.69 Å². The Morgan fingerprint density at radius 1 is 1.10 bits per heavy atom. The number of halogens is 2. The van der Waals surface area contributed by atoms with E-state index in [0.717, 1.165) is 38.8 Å². The summed E-state index contributed by atoms with van der Waals surface area (Å²) in [5.74, 6) is 0.181. The van der Waals surface area contributed by atoms with E-state index in [0.29, 0.717) is 28.8 Å². The Kier molecular flexibility index (Phi) is 4.55. The van der Waals surface area contributed by atoms with Gasteiger partial charge in [-0.1, -0.05) is 36.0 Å². The summed E-state index contributed by atoms with van der Waals surface area (Å²) >= 11 is 12.0. The first kappa shape index (κ1) is 15.3. The maximum Gasteiger partial charge on any atom is 0.183 e. The third-order valence-electron chi connectivity index (χ3n) is 4.65. The van der Waals surface area contributed by atoms with Crippen molar-refractivity contribution >= 4 is 29.0 Å². The molecule has 5 heteroatoms. The molecule has 1 aromatic carbocycles. The standard InChI is InChI=1S/C16H19Cl2NO2/c17-13-4-3-12(11-14(13)18)15(20)16(5-1-2-6-16)19-7-9-21-10-8-19/h3-4,11H,1-2,5-10H2. The molecule has 2 aliphatic rings. The summed E-state index contributed by atoms with van der Waals surface area (Å²) in [6.07, 6.45) is 4.05. The van der Waals surface area contributed by atoms with Crippen LogP contribution in [0.1, 0.15) is 36.0 Å². The van der Waals surface area contributed by atoms with E-state index in [4.69, 9.17) is 27.9 Å². The number of rotatable bonds is 3. The predicted molar refractivity (Wildman–Crippen MR) is 84.4 cm³/mol. The van der Waals surface area contributed by atoms with Gasteiger partial charge in [0.05, 0.1) is 28.8 Å². The summed E-state index contributed by atoms with van der Waals surface area (Å²) in [6.45, 7) is 3.06. The fourth-order valence-corrected chi connectivity index (χ4v) is 3.84. The Morgan fingerprint density at radius 3 is 2.38 bits per heavy atom. The van der Waals surface area contributed by atoms with Gasteiger partial charge in [0.15, 0.2) is 5.78 Å². The number of benzene rings is 1. The van der Waals surface area contributed by atoms with Crippen molar-refractivity contribution in [3.8, 4) is 0 Å². The number of carbonyl (C=O) groups excluding carboxylic acids is 1. The predicted octanol–water partition coefficient (Wildman–Crippen LogP) is 3.82. The molecule has 1 aliphatic carbocycles. The van der Waals surface area contributed by atoms with Crippen molar-refractivity contribution in [2.24, 2.45) is 0 Å². The quantitative estimate of drug-likeness (QED) is 0.790. The van der Waals surface area contributed by atoms with E-state index in [1.165, 1.54) is 0 Å². The van der Waals surface area contributed by atoms with Crippen LogP contribution in [0.2, 0.25) is 10.0 Å². The summed E-state index contributed by atoms with van der Waals surface area (Å²) in [4.78, 5) is 15.5. The summed E-state index contributed by atoms with van der Waals surface area (Å²) in [6, 6.07) is 5.20. The monoisotopic (exact) mass is 327 g/mol. The molecule has 1 saturated carbocycles. The minimum atomic E-state index is -0.374. The zero-order valence-corrected chi connectivity index (χ0v) is 13.4. The van der Waals surface area contributed by atoms with Gasteiger partial charge in [0.1, 0.15) is 0 Å². The number of morpholine rings is 1. The topological polar surface area (TPSA) is 29.5 Å². The van der Waals surface area contributed by atoms with Crippen molar-refractivity contribution in [2.45, 2.75) is 31.2 Å². The summed E-state index contributed by atoms with van der Waals surface area (Å²) in [5, 5.41) is 0.928. The van der Waals surface area contributed by atoms with Crippen LogP contribution in [-0.4, -0.2) is 42.5 Å². The Labute approximate surface area is 135 Å². The van der Waals surface area contributed by atoms with Crippen LogP contribution in [0.5, 0.6) is 0 Å². The third kappa shape index (κ3) is 2.85. The lowest BCUT2D eigenvalue weighted by atomic mass is 9.85. The van der Waals surface area contributed by atoms with Crippen LogP contribution in [-0.2, 0) is 4.74 Å². The number of nitrogens with zero attached hydrogens (tertiary/aromatic N) is 1. The van der Waals surface area contributed by atoms with Crippen LogP contribution in [0.3, 0.4) is 0 Å². The third-order valence-corrected chi connectivity index (χ3v) is 5.39. The van der Waals surface area contributed by atoms with Crippen LogP contribution in [0, 0.1) is 0 Å². The van der Waals surface area contributed by atoms with Gasteiger partial charge in [-0.2, -0.15) is 0 Å². The first-order valence-electron chi connectivity index (χ1n) is 7.46. The number of ketones is 1. The van der Waals surface area contributed by atoms with Crippen molar-refractivity contribution in [2.75, 3.05) is 26.3 Å². The van der Waals surface area contributed by atoms with Gasteiger partial charge in [-0.15, -0.1) is 0 Å². The van der Waals surface area contributed by atoms with Gasteiger partial charge < -0.3 is 4.74 Å². The highest BCUT2D eigenvalue weighted by atomic mass is 35.5. The molecular formula is C16H19Cl2NO2. The largest absolute Gasteiger partial charge is 0.379 e. The summed E-state index contributed by atoms with van der Waals surface area (Å²) < 4.78 is 5.43. The Bertz CT molecular complexity index is 535. The summed E-state index contributed by atoms with van der Waals surface area (Å²) in [5.41, 5.74) is 0.291. The van der Waals surface area contributed by atoms with Gasteiger partial charge in [0.2, 0.25) is 0 Å². The molecule has 3 rings (SSSR count). The molecule has 2 fully saturated rings. The molecule has 1 aliphatic heterocycles. The highest BCUT2D eigenvalue weighted by Gasteiger charge is 2.46. The van der Waals surface area contributed by atoms with Crippen molar-refractivity contribution in [1.29, 1.82) is 0 Å². The van der Waals surface area contributed by atoms with Gasteiger partial charge in [-0.25, -0.2) is 0 Å². The molecule has 0 N–H and O–H groups in total. The number of ether oxygens (including phenoxy) is 1. The number of hydrogen-bond donors (Lipinski definition) is 0. The normalized spacial score (nSPS) is 22.4. The van der Waals surface area contributed by atoms with E-state index in [-0.39, 0.29) is 11.3 Å². The Hall–Kier alpha value is -0.610. The molecule has 0 bridgehead atoms. The average molecular weight is 328 g/mol. The molecule has 0 unspecified atom stereocenters. The minimum Gasteiger partial charge on any atom is -0.379 e. The van der Waals surface area contributed by atoms with E-state index in [9.17, 15) is 4.79 Å². The molecule has 0 amide bonds. The maximum absolute atomic E-state index is 13.1. The zero-order valence-electron chi connectivity index (χ0n) is 11.9. The van der Waals surface area contributed by atoms with E-state index >= 15 is 0 Å². The van der Waals surface area contributed by atoms with E-state index in [2.05, 4.69) is 4.90 Å². The lowest BCUT2D eigenvalue weighted by Crippen LogP contribution is -2.56. The van der Waals surface area contributed by atoms with E-state index in [1.54, 1.807) is 18.2 Å². The van der Waals surface area contributed by atoms with Gasteiger partial charge >= 0.3 is 0 Å². The van der Waals surface area contributed by atoms with Crippen molar-refractivity contribution in [3.63, 3.8) is 0 Å². The molecule has 1 heterocycles. The number of carbonyl (C=O) groups is 1. The molecule has 21 heavy (non-hydrogen) atoms. The highest BCUT2D eigenvalue weighted by molar-refractivity contribution is 6.42. The minimum absolute atomic E-state index is 0.181. The second kappa shape index (κ2) is 6.25. The Morgan fingerprint density at radius 2 is 1.76 bits per heavy atom. The summed E-state index contributed by atoms with van der Waals surface area (Å²) in [7, 11) is 0. The zero-order chi connectivity index (χ0) is 14.9. The van der Waals surface area contributed by atoms with Crippen LogP contribution in [0.25, 0.3) is 0 Å². The molecule has 3 nitrogen and oxygen atoms in total. The molecular weight excluding hydrogens is 309 g/mol. The van der Waals surface area contributed by atoms with Crippen molar-refractivity contribution < 1.29 is 9.53 Å². The molecule has 0 atom stereocenters. The van der Waals surface area contributed by atoms with E-state index < -0.39 is 0 Å². The maximum atomic E-state index is 13.1. The molecule has 0 aromatic heterocycles. The van der Waals surface area contributed by atoms with Crippen molar-refractivity contribution in [1.82, 2.24) is 4.90 Å². The van der Waals surface area contributed by atoms with Crippen molar-refractivity contribution in [3.05, 3.63) is 33.8 Å². The number of Topliss-reactive ketones (excluding diaryl/α,β-unsaturated/α-hetero) is 1. The molecule has 1 aromatic rings. The van der Waals surface area contributed by atoms with E-state index in [1.807, 2.05) is 0 Å². The second-order valence-corrected chi connectivity index (χ2v) is 6.61. The fraction of sp³-hybridized carbons (Fsp3) is 0.562. The lowest BCUT2D eigenvalue weighted by molar-refractivity contribution is -0.0130. The van der Waals surface area contributed by atoms with Gasteiger partial charge in [-0.05, 0) is 31.0 Å². The molecule has 114 valence electrons. The average Bonchev–Trinajstić information content (AvgIpc) is 3.01. The highest BCUT2D eigenvalue weighted by Crippen LogP contribution is 2.39. The van der Waals surface area contributed by atoms with Crippen LogP contribution in [0.15, 0.2) is 18.2 Å².